The van der Waals surface area contributed by atoms with E-state index < -0.39 is 0 Å². The molecule has 0 saturated heterocycles. The van der Waals surface area contributed by atoms with Crippen molar-refractivity contribution in [2.75, 3.05) is 12.8 Å². The monoisotopic (exact) mass is 290 g/mol. The van der Waals surface area contributed by atoms with E-state index in [1.54, 1.807) is 36.6 Å². The maximum Gasteiger partial charge on any atom is 0.251 e. The summed E-state index contributed by atoms with van der Waals surface area (Å²) < 4.78 is 5.12. The third-order valence-corrected chi connectivity index (χ3v) is 4.15. The number of methoxy groups -OCH3 is 1. The molecule has 1 aromatic carbocycles. The number of hydrogen-bond acceptors (Lipinski definition) is 4. The number of nitrogens with one attached hydrogen (secondary N) is 1. The first-order valence-electron chi connectivity index (χ1n) is 6.31. The van der Waals surface area contributed by atoms with Crippen LogP contribution in [0.5, 0.6) is 5.75 Å². The zero-order valence-electron chi connectivity index (χ0n) is 11.8. The lowest BCUT2D eigenvalue weighted by Crippen LogP contribution is -2.26. The molecule has 0 saturated carbocycles. The Kier molecular flexibility index (Phi) is 4.29. The zero-order chi connectivity index (χ0) is 14.7. The molecule has 0 aliphatic heterocycles. The normalized spacial score (nSPS) is 11.9. The molecule has 0 fully saturated rings. The first kappa shape index (κ1) is 14.4. The zero-order valence-corrected chi connectivity index (χ0v) is 12.6. The molecule has 4 nitrogen and oxygen atoms in total. The number of hydrogen-bond donors (Lipinski definition) is 2. The Labute approximate surface area is 122 Å². The molecular formula is C15H18N2O2S. The fourth-order valence-electron chi connectivity index (χ4n) is 1.91. The Balaban J connectivity index is 2.13. The first-order valence-corrected chi connectivity index (χ1v) is 7.13. The lowest BCUT2D eigenvalue weighted by atomic mass is 10.1. The van der Waals surface area contributed by atoms with Crippen LogP contribution in [0.4, 0.5) is 5.69 Å². The summed E-state index contributed by atoms with van der Waals surface area (Å²) in [6.07, 6.45) is 0. The van der Waals surface area contributed by atoms with Crippen molar-refractivity contribution in [1.29, 1.82) is 0 Å². The number of aryl methyl sites for hydroxylation is 1. The topological polar surface area (TPSA) is 64.3 Å². The molecule has 1 aromatic heterocycles. The third kappa shape index (κ3) is 3.30. The molecule has 0 bridgehead atoms. The van der Waals surface area contributed by atoms with Crippen LogP contribution in [0.2, 0.25) is 0 Å². The van der Waals surface area contributed by atoms with Gasteiger partial charge in [0.25, 0.3) is 5.91 Å². The molecule has 0 aliphatic carbocycles. The summed E-state index contributed by atoms with van der Waals surface area (Å²) in [5.74, 6) is 0.420. The van der Waals surface area contributed by atoms with Gasteiger partial charge in [-0.1, -0.05) is 0 Å². The van der Waals surface area contributed by atoms with E-state index in [0.29, 0.717) is 17.0 Å². The number of carbonyl (C=O) groups is 1. The maximum absolute atomic E-state index is 12.2. The minimum Gasteiger partial charge on any atom is -0.497 e. The molecule has 1 atom stereocenters. The minimum atomic E-state index is -0.158. The summed E-state index contributed by atoms with van der Waals surface area (Å²) in [5, 5.41) is 2.96. The van der Waals surface area contributed by atoms with E-state index in [1.807, 2.05) is 26.0 Å². The molecule has 3 N–H and O–H groups in total. The second kappa shape index (κ2) is 5.96. The van der Waals surface area contributed by atoms with Crippen LogP contribution >= 0.6 is 11.3 Å². The molecule has 106 valence electrons. The summed E-state index contributed by atoms with van der Waals surface area (Å²) in [5.41, 5.74) is 6.77. The van der Waals surface area contributed by atoms with Crippen molar-refractivity contribution in [1.82, 2.24) is 5.32 Å². The fraction of sp³-hybridized carbons (Fsp3) is 0.267. The third-order valence-electron chi connectivity index (χ3n) is 2.96. The quantitative estimate of drug-likeness (QED) is 0.850. The van der Waals surface area contributed by atoms with Gasteiger partial charge in [0.05, 0.1) is 13.2 Å². The number of nitrogen functional groups attached to an aromatic ring is 1. The Hall–Kier alpha value is -2.01. The number of thiophene rings is 1. The molecule has 5 heteroatoms. The van der Waals surface area contributed by atoms with Gasteiger partial charge in [0.2, 0.25) is 0 Å². The highest BCUT2D eigenvalue weighted by Crippen LogP contribution is 2.23. The maximum atomic E-state index is 12.2. The van der Waals surface area contributed by atoms with Crippen LogP contribution in [0.25, 0.3) is 0 Å². The molecule has 1 amide bonds. The molecule has 0 radical (unpaired) electrons. The average Bonchev–Trinajstić information content (AvgIpc) is 2.84. The lowest BCUT2D eigenvalue weighted by molar-refractivity contribution is 0.0940. The fourth-order valence-corrected chi connectivity index (χ4v) is 2.79. The highest BCUT2D eigenvalue weighted by molar-refractivity contribution is 7.12. The van der Waals surface area contributed by atoms with Crippen molar-refractivity contribution in [2.45, 2.75) is 19.9 Å². The number of ether oxygens (including phenoxy) is 1. The van der Waals surface area contributed by atoms with Crippen LogP contribution in [-0.2, 0) is 0 Å². The van der Waals surface area contributed by atoms with Crippen LogP contribution in [0.1, 0.15) is 33.1 Å². The lowest BCUT2D eigenvalue weighted by Gasteiger charge is -2.13. The van der Waals surface area contributed by atoms with Gasteiger partial charge in [-0.25, -0.2) is 0 Å². The largest absolute Gasteiger partial charge is 0.497 e. The molecule has 20 heavy (non-hydrogen) atoms. The van der Waals surface area contributed by atoms with Crippen LogP contribution in [0.15, 0.2) is 30.3 Å². The van der Waals surface area contributed by atoms with Crippen molar-refractivity contribution in [3.8, 4) is 5.75 Å². The number of benzene rings is 1. The standard InChI is InChI=1S/C15H18N2O2S/c1-9-4-5-14(20-9)10(2)17-15(18)11-6-12(16)8-13(7-11)19-3/h4-8,10H,16H2,1-3H3,(H,17,18). The predicted octanol–water partition coefficient (Wildman–Crippen LogP) is 3.14. The van der Waals surface area contributed by atoms with Crippen LogP contribution < -0.4 is 15.8 Å². The summed E-state index contributed by atoms with van der Waals surface area (Å²) in [7, 11) is 1.55. The molecule has 2 rings (SSSR count). The minimum absolute atomic E-state index is 0.0337. The van der Waals surface area contributed by atoms with Crippen molar-refractivity contribution in [3.63, 3.8) is 0 Å². The van der Waals surface area contributed by atoms with Gasteiger partial charge in [-0.15, -0.1) is 11.3 Å². The van der Waals surface area contributed by atoms with Gasteiger partial charge in [-0.3, -0.25) is 4.79 Å². The first-order chi connectivity index (χ1) is 9.49. The Morgan fingerprint density at radius 2 is 2.10 bits per heavy atom. The van der Waals surface area contributed by atoms with E-state index in [9.17, 15) is 4.79 Å². The van der Waals surface area contributed by atoms with E-state index in [-0.39, 0.29) is 11.9 Å². The van der Waals surface area contributed by atoms with Crippen molar-refractivity contribution >= 4 is 22.9 Å². The highest BCUT2D eigenvalue weighted by atomic mass is 32.1. The van der Waals surface area contributed by atoms with E-state index in [1.165, 1.54) is 4.88 Å². The SMILES string of the molecule is COc1cc(N)cc(C(=O)NC(C)c2ccc(C)s2)c1. The average molecular weight is 290 g/mol. The van der Waals surface area contributed by atoms with Crippen molar-refractivity contribution in [3.05, 3.63) is 45.6 Å². The van der Waals surface area contributed by atoms with Gasteiger partial charge >= 0.3 is 0 Å². The van der Waals surface area contributed by atoms with Gasteiger partial charge in [-0.2, -0.15) is 0 Å². The Morgan fingerprint density at radius 3 is 2.70 bits per heavy atom. The number of nitrogens with two attached hydrogens (primary N) is 1. The molecule has 1 heterocycles. The van der Waals surface area contributed by atoms with E-state index in [0.717, 1.165) is 4.88 Å². The molecule has 2 aromatic rings. The van der Waals surface area contributed by atoms with E-state index in [2.05, 4.69) is 5.32 Å². The van der Waals surface area contributed by atoms with E-state index in [4.69, 9.17) is 10.5 Å². The second-order valence-electron chi connectivity index (χ2n) is 4.64. The number of carbonyl (C=O) groups excluding carboxylic acids is 1. The van der Waals surface area contributed by atoms with Gasteiger partial charge < -0.3 is 15.8 Å². The van der Waals surface area contributed by atoms with Crippen LogP contribution in [0.3, 0.4) is 0 Å². The molecule has 0 aliphatic rings. The Morgan fingerprint density at radius 1 is 1.35 bits per heavy atom. The smallest absolute Gasteiger partial charge is 0.251 e. The number of rotatable bonds is 4. The van der Waals surface area contributed by atoms with Gasteiger partial charge in [0.1, 0.15) is 5.75 Å². The summed E-state index contributed by atoms with van der Waals surface area (Å²) in [6.45, 7) is 4.01. The van der Waals surface area contributed by atoms with Crippen LogP contribution in [-0.4, -0.2) is 13.0 Å². The van der Waals surface area contributed by atoms with Gasteiger partial charge in [-0.05, 0) is 38.1 Å². The summed E-state index contributed by atoms with van der Waals surface area (Å²) in [4.78, 5) is 14.6. The number of anilines is 1. The summed E-state index contributed by atoms with van der Waals surface area (Å²) in [6, 6.07) is 9.05. The summed E-state index contributed by atoms with van der Waals surface area (Å²) >= 11 is 1.68. The molecule has 0 spiro atoms. The second-order valence-corrected chi connectivity index (χ2v) is 5.96. The molecule has 1 unspecified atom stereocenters. The van der Waals surface area contributed by atoms with Crippen LogP contribution in [0, 0.1) is 6.92 Å². The van der Waals surface area contributed by atoms with E-state index >= 15 is 0 Å². The predicted molar refractivity (Wildman–Crippen MR) is 82.3 cm³/mol. The van der Waals surface area contributed by atoms with Crippen molar-refractivity contribution in [2.24, 2.45) is 0 Å². The van der Waals surface area contributed by atoms with Gasteiger partial charge in [0, 0.05) is 27.1 Å². The van der Waals surface area contributed by atoms with Gasteiger partial charge in [0.15, 0.2) is 0 Å². The highest BCUT2D eigenvalue weighted by Gasteiger charge is 2.14. The number of amides is 1. The Bertz CT molecular complexity index is 622. The molecular weight excluding hydrogens is 272 g/mol. The van der Waals surface area contributed by atoms with Crippen molar-refractivity contribution < 1.29 is 9.53 Å².